The van der Waals surface area contributed by atoms with E-state index >= 15 is 0 Å². The van der Waals surface area contributed by atoms with Crippen molar-refractivity contribution in [3.8, 4) is 5.88 Å². The molecule has 0 aliphatic heterocycles. The van der Waals surface area contributed by atoms with Gasteiger partial charge in [0.15, 0.2) is 0 Å². The predicted molar refractivity (Wildman–Crippen MR) is 69.8 cm³/mol. The van der Waals surface area contributed by atoms with Gasteiger partial charge >= 0.3 is 10.1 Å². The number of hydrogen-bond donors (Lipinski definition) is 0. The average molecular weight is 314 g/mol. The number of pyridine rings is 1. The first-order valence-electron chi connectivity index (χ1n) is 5.15. The second-order valence-electron chi connectivity index (χ2n) is 3.71. The quantitative estimate of drug-likeness (QED) is 0.755. The Kier molecular flexibility index (Phi) is 5.65. The summed E-state index contributed by atoms with van der Waals surface area (Å²) in [5.41, 5.74) is 0. The van der Waals surface area contributed by atoms with Crippen LogP contribution in [0.1, 0.15) is 13.8 Å². The molecule has 0 N–H and O–H groups in total. The van der Waals surface area contributed by atoms with Crippen LogP contribution >= 0.6 is 23.2 Å². The van der Waals surface area contributed by atoms with Crippen LogP contribution in [0.15, 0.2) is 12.3 Å². The predicted octanol–water partition coefficient (Wildman–Crippen LogP) is 2.52. The highest BCUT2D eigenvalue weighted by Crippen LogP contribution is 2.25. The third kappa shape index (κ3) is 5.39. The zero-order chi connectivity index (χ0) is 13.8. The molecule has 1 aromatic heterocycles. The molecule has 8 heteroatoms. The molecule has 0 fully saturated rings. The molecule has 0 bridgehead atoms. The van der Waals surface area contributed by atoms with Gasteiger partial charge < -0.3 is 8.92 Å². The number of halogens is 2. The Morgan fingerprint density at radius 1 is 1.39 bits per heavy atom. The first kappa shape index (κ1) is 15.5. The van der Waals surface area contributed by atoms with Gasteiger partial charge in [-0.3, -0.25) is 0 Å². The van der Waals surface area contributed by atoms with Crippen LogP contribution in [0.2, 0.25) is 10.0 Å². The normalized spacial score (nSPS) is 11.8. The smallest absolute Gasteiger partial charge is 0.313 e. The van der Waals surface area contributed by atoms with Crippen LogP contribution in [0.4, 0.5) is 0 Å². The fourth-order valence-corrected chi connectivity index (χ4v) is 2.23. The molecule has 0 spiro atoms. The Balaban J connectivity index is 2.65. The van der Waals surface area contributed by atoms with E-state index in [0.717, 1.165) is 0 Å². The molecule has 0 aliphatic carbocycles. The molecule has 0 amide bonds. The van der Waals surface area contributed by atoms with E-state index in [-0.39, 0.29) is 29.4 Å². The van der Waals surface area contributed by atoms with Gasteiger partial charge in [0, 0.05) is 6.20 Å². The number of nitrogens with zero attached hydrogens (tertiary/aromatic N) is 1. The summed E-state index contributed by atoms with van der Waals surface area (Å²) in [6.07, 6.45) is 1.21. The first-order chi connectivity index (χ1) is 8.30. The molecule has 0 aromatic carbocycles. The van der Waals surface area contributed by atoms with Crippen molar-refractivity contribution in [3.63, 3.8) is 0 Å². The lowest BCUT2D eigenvalue weighted by atomic mass is 10.5. The van der Waals surface area contributed by atoms with Gasteiger partial charge in [0.05, 0.1) is 17.7 Å². The second kappa shape index (κ2) is 6.56. The van der Waals surface area contributed by atoms with Crippen molar-refractivity contribution in [1.29, 1.82) is 0 Å². The van der Waals surface area contributed by atoms with Crippen molar-refractivity contribution in [2.24, 2.45) is 0 Å². The first-order valence-corrected chi connectivity index (χ1v) is 7.48. The Hall–Kier alpha value is -0.560. The molecule has 0 unspecified atom stereocenters. The summed E-state index contributed by atoms with van der Waals surface area (Å²) in [7, 11) is -3.78. The zero-order valence-electron chi connectivity index (χ0n) is 9.89. The van der Waals surface area contributed by atoms with E-state index in [4.69, 9.17) is 32.1 Å². The SMILES string of the molecule is CC(C)OCCS(=O)(=O)Oc1ncc(Cl)cc1Cl. The molecule has 5 nitrogen and oxygen atoms in total. The van der Waals surface area contributed by atoms with Crippen LogP contribution < -0.4 is 4.18 Å². The molecule has 1 heterocycles. The number of rotatable bonds is 6. The van der Waals surface area contributed by atoms with E-state index in [1.807, 2.05) is 13.8 Å². The van der Waals surface area contributed by atoms with Crippen LogP contribution in [-0.4, -0.2) is 31.9 Å². The topological polar surface area (TPSA) is 65.5 Å². The Morgan fingerprint density at radius 3 is 2.61 bits per heavy atom. The van der Waals surface area contributed by atoms with E-state index in [2.05, 4.69) is 4.98 Å². The van der Waals surface area contributed by atoms with Gasteiger partial charge in [0.1, 0.15) is 10.8 Å². The summed E-state index contributed by atoms with van der Waals surface area (Å²) in [5.74, 6) is -0.461. The van der Waals surface area contributed by atoms with Crippen molar-refractivity contribution in [3.05, 3.63) is 22.3 Å². The average Bonchev–Trinajstić information content (AvgIpc) is 2.21. The van der Waals surface area contributed by atoms with Gasteiger partial charge in [0.2, 0.25) is 0 Å². The Labute approximate surface area is 116 Å². The van der Waals surface area contributed by atoms with Crippen LogP contribution in [0.5, 0.6) is 5.88 Å². The van der Waals surface area contributed by atoms with Crippen molar-refractivity contribution in [2.75, 3.05) is 12.4 Å². The van der Waals surface area contributed by atoms with E-state index in [9.17, 15) is 8.42 Å². The minimum atomic E-state index is -3.78. The molecule has 0 saturated carbocycles. The van der Waals surface area contributed by atoms with Gasteiger partial charge in [-0.1, -0.05) is 23.2 Å². The monoisotopic (exact) mass is 313 g/mol. The summed E-state index contributed by atoms with van der Waals surface area (Å²) in [6, 6.07) is 1.35. The lowest BCUT2D eigenvalue weighted by molar-refractivity contribution is 0.0906. The minimum Gasteiger partial charge on any atom is -0.378 e. The molecule has 1 aromatic rings. The maximum absolute atomic E-state index is 11.6. The van der Waals surface area contributed by atoms with Crippen LogP contribution in [-0.2, 0) is 14.9 Å². The highest BCUT2D eigenvalue weighted by molar-refractivity contribution is 7.87. The van der Waals surface area contributed by atoms with Gasteiger partial charge in [-0.05, 0) is 19.9 Å². The standard InChI is InChI=1S/C10H13Cl2NO4S/c1-7(2)16-3-4-18(14,15)17-10-9(12)5-8(11)6-13-10/h5-7H,3-4H2,1-2H3. The fourth-order valence-electron chi connectivity index (χ4n) is 1.01. The molecule has 0 atom stereocenters. The second-order valence-corrected chi connectivity index (χ2v) is 6.24. The van der Waals surface area contributed by atoms with Crippen molar-refractivity contribution in [2.45, 2.75) is 20.0 Å². The lowest BCUT2D eigenvalue weighted by Gasteiger charge is -2.09. The van der Waals surface area contributed by atoms with Crippen molar-refractivity contribution < 1.29 is 17.3 Å². The zero-order valence-corrected chi connectivity index (χ0v) is 12.2. The third-order valence-corrected chi connectivity index (χ3v) is 3.32. The molecular weight excluding hydrogens is 301 g/mol. The van der Waals surface area contributed by atoms with E-state index < -0.39 is 10.1 Å². The number of hydrogen-bond acceptors (Lipinski definition) is 5. The fraction of sp³-hybridized carbons (Fsp3) is 0.500. The third-order valence-electron chi connectivity index (χ3n) is 1.76. The van der Waals surface area contributed by atoms with E-state index in [1.54, 1.807) is 0 Å². The summed E-state index contributed by atoms with van der Waals surface area (Å²) in [5, 5.41) is 0.337. The molecule has 1 rings (SSSR count). The molecule has 0 aliphatic rings. The summed E-state index contributed by atoms with van der Waals surface area (Å²) in [4.78, 5) is 3.70. The highest BCUT2D eigenvalue weighted by atomic mass is 35.5. The summed E-state index contributed by atoms with van der Waals surface area (Å²) >= 11 is 11.4. The molecule has 18 heavy (non-hydrogen) atoms. The van der Waals surface area contributed by atoms with Gasteiger partial charge in [-0.2, -0.15) is 8.42 Å². The highest BCUT2D eigenvalue weighted by Gasteiger charge is 2.16. The number of aromatic nitrogens is 1. The van der Waals surface area contributed by atoms with Crippen LogP contribution in [0.25, 0.3) is 0 Å². The van der Waals surface area contributed by atoms with Gasteiger partial charge in [-0.25, -0.2) is 4.98 Å². The minimum absolute atomic E-state index is 0.0378. The molecule has 0 saturated heterocycles. The van der Waals surface area contributed by atoms with Crippen LogP contribution in [0.3, 0.4) is 0 Å². The maximum atomic E-state index is 11.6. The van der Waals surface area contributed by atoms with Crippen LogP contribution in [0, 0.1) is 0 Å². The maximum Gasteiger partial charge on any atom is 0.313 e. The van der Waals surface area contributed by atoms with E-state index in [0.29, 0.717) is 5.02 Å². The van der Waals surface area contributed by atoms with Crippen molar-refractivity contribution in [1.82, 2.24) is 4.98 Å². The van der Waals surface area contributed by atoms with E-state index in [1.165, 1.54) is 12.3 Å². The summed E-state index contributed by atoms with van der Waals surface area (Å²) in [6.45, 7) is 3.67. The Bertz CT molecular complexity index is 505. The Morgan fingerprint density at radius 2 is 2.06 bits per heavy atom. The van der Waals surface area contributed by atoms with Gasteiger partial charge in [0.25, 0.3) is 5.88 Å². The molecule has 0 radical (unpaired) electrons. The van der Waals surface area contributed by atoms with Crippen molar-refractivity contribution >= 4 is 33.3 Å². The molecular formula is C10H13Cl2NO4S. The van der Waals surface area contributed by atoms with Gasteiger partial charge in [-0.15, -0.1) is 0 Å². The number of ether oxygens (including phenoxy) is 1. The summed E-state index contributed by atoms with van der Waals surface area (Å²) < 4.78 is 33.1. The largest absolute Gasteiger partial charge is 0.378 e. The molecule has 102 valence electrons. The lowest BCUT2D eigenvalue weighted by Crippen LogP contribution is -2.20.